The van der Waals surface area contributed by atoms with Gasteiger partial charge in [-0.1, -0.05) is 50.0 Å². The first-order valence-corrected chi connectivity index (χ1v) is 25.1. The van der Waals surface area contributed by atoms with E-state index in [1.54, 1.807) is 11.0 Å². The van der Waals surface area contributed by atoms with Crippen molar-refractivity contribution in [1.29, 1.82) is 0 Å². The molecule has 7 aromatic rings. The van der Waals surface area contributed by atoms with Gasteiger partial charge in [0.15, 0.2) is 14.1 Å². The first kappa shape index (κ1) is 43.8. The van der Waals surface area contributed by atoms with Crippen molar-refractivity contribution in [3.8, 4) is 28.3 Å². The first-order valence-electron chi connectivity index (χ1n) is 21.5. The van der Waals surface area contributed by atoms with Gasteiger partial charge in [0.1, 0.15) is 17.8 Å². The summed E-state index contributed by atoms with van der Waals surface area (Å²) >= 11 is 13.7. The number of ether oxygens (including phenoxy) is 1. The average molecular weight is 894 g/mol. The van der Waals surface area contributed by atoms with Crippen LogP contribution in [0.3, 0.4) is 0 Å². The van der Waals surface area contributed by atoms with Crippen LogP contribution in [0, 0.1) is 27.7 Å². The molecule has 0 spiro atoms. The summed E-state index contributed by atoms with van der Waals surface area (Å²) in [7, 11) is 1.83. The smallest absolute Gasteiger partial charge is 0.275 e. The van der Waals surface area contributed by atoms with Gasteiger partial charge >= 0.3 is 0 Å². The second kappa shape index (κ2) is 16.3. The second-order valence-corrected chi connectivity index (χ2v) is 24.2. The zero-order valence-corrected chi connectivity index (χ0v) is 40.6. The highest BCUT2D eigenvalue weighted by Crippen LogP contribution is 2.46. The molecular weight excluding hydrogens is 836 g/mol. The molecule has 0 N–H and O–H groups in total. The molecule has 1 aliphatic rings. The maximum atomic E-state index is 15.6. The summed E-state index contributed by atoms with van der Waals surface area (Å²) in [5, 5.41) is 12.8. The van der Waals surface area contributed by atoms with Gasteiger partial charge in [0, 0.05) is 77.6 Å². The Hall–Kier alpha value is -4.88. The van der Waals surface area contributed by atoms with Crippen molar-refractivity contribution in [3.05, 3.63) is 98.8 Å². The summed E-state index contributed by atoms with van der Waals surface area (Å²) in [5.74, 6) is 1.36. The molecule has 0 aliphatic carbocycles. The van der Waals surface area contributed by atoms with Crippen molar-refractivity contribution in [1.82, 2.24) is 33.7 Å². The molecule has 0 unspecified atom stereocenters. The predicted octanol–water partition coefficient (Wildman–Crippen LogP) is 11.6. The lowest BCUT2D eigenvalue weighted by Crippen LogP contribution is -2.42. The van der Waals surface area contributed by atoms with Gasteiger partial charge in [-0.05, 0) is 119 Å². The van der Waals surface area contributed by atoms with Crippen LogP contribution in [0.2, 0.25) is 28.2 Å². The van der Waals surface area contributed by atoms with E-state index in [0.717, 1.165) is 83.0 Å². The fourth-order valence-electron chi connectivity index (χ4n) is 8.84. The molecule has 3 aromatic carbocycles. The van der Waals surface area contributed by atoms with E-state index >= 15 is 4.79 Å². The Balaban J connectivity index is 1.25. The van der Waals surface area contributed by atoms with Gasteiger partial charge < -0.3 is 23.2 Å². The minimum absolute atomic E-state index is 0.0567. The van der Waals surface area contributed by atoms with Crippen molar-refractivity contribution in [2.24, 2.45) is 14.1 Å². The molecule has 0 bridgehead atoms. The normalized spacial score (nSPS) is 14.8. The van der Waals surface area contributed by atoms with E-state index in [1.807, 2.05) is 62.6 Å². The number of hydrogen-bond acceptors (Lipinski definition) is 6. The summed E-state index contributed by atoms with van der Waals surface area (Å²) < 4.78 is 21.1. The van der Waals surface area contributed by atoms with Gasteiger partial charge in [-0.3, -0.25) is 14.2 Å². The third-order valence-corrected chi connectivity index (χ3v) is 18.6. The quantitative estimate of drug-likeness (QED) is 0.0895. The highest BCUT2D eigenvalue weighted by molar-refractivity contribution is 6.74. The Morgan fingerprint density at radius 3 is 2.29 bits per heavy atom. The Bertz CT molecular complexity index is 2860. The van der Waals surface area contributed by atoms with E-state index in [2.05, 4.69) is 97.4 Å². The van der Waals surface area contributed by atoms with Gasteiger partial charge in [-0.15, -0.1) is 0 Å². The molecule has 5 heterocycles. The maximum Gasteiger partial charge on any atom is 0.275 e. The molecule has 1 aliphatic heterocycles. The van der Waals surface area contributed by atoms with Gasteiger partial charge in [0.2, 0.25) is 0 Å². The SMILES string of the molecule is Cc1cc(OCCCc2c3n(c4c(-c5c(C)nn(C)c5C)c(Cl)ccc24)[C@H](C)CN(c2cn(CCO[Si](C)(C)C(C)(C)C)c4ccc(-c5ncn(C)n5)cc24)C3=O)cc(C)c1Cl. The van der Waals surface area contributed by atoms with Crippen molar-refractivity contribution in [2.45, 2.75) is 99.0 Å². The fourth-order valence-corrected chi connectivity index (χ4v) is 10.2. The van der Waals surface area contributed by atoms with Crippen LogP contribution in [-0.2, 0) is 31.5 Å². The number of anilines is 1. The van der Waals surface area contributed by atoms with Crippen LogP contribution < -0.4 is 9.64 Å². The maximum absolute atomic E-state index is 15.6. The highest BCUT2D eigenvalue weighted by atomic mass is 35.5. The number of benzene rings is 3. The molecule has 8 rings (SSSR count). The summed E-state index contributed by atoms with van der Waals surface area (Å²) in [6, 6.07) is 14.2. The molecule has 14 heteroatoms. The molecule has 0 saturated heterocycles. The first-order chi connectivity index (χ1) is 29.3. The number of fused-ring (bicyclic) bond motifs is 4. The Morgan fingerprint density at radius 2 is 1.65 bits per heavy atom. The largest absolute Gasteiger partial charge is 0.494 e. The molecule has 4 aromatic heterocycles. The summed E-state index contributed by atoms with van der Waals surface area (Å²) in [6.07, 6.45) is 5.14. The molecular formula is C48H58Cl2N8O3Si. The highest BCUT2D eigenvalue weighted by Gasteiger charge is 2.39. The lowest BCUT2D eigenvalue weighted by Gasteiger charge is -2.36. The van der Waals surface area contributed by atoms with Gasteiger partial charge in [0.25, 0.3) is 5.91 Å². The van der Waals surface area contributed by atoms with Crippen LogP contribution in [0.5, 0.6) is 5.75 Å². The molecule has 326 valence electrons. The van der Waals surface area contributed by atoms with Crippen molar-refractivity contribution in [3.63, 3.8) is 0 Å². The molecule has 0 fully saturated rings. The lowest BCUT2D eigenvalue weighted by atomic mass is 9.98. The minimum atomic E-state index is -1.99. The average Bonchev–Trinajstić information content (AvgIpc) is 3.95. The monoisotopic (exact) mass is 892 g/mol. The van der Waals surface area contributed by atoms with Crippen LogP contribution in [0.25, 0.3) is 44.3 Å². The molecule has 0 radical (unpaired) electrons. The summed E-state index contributed by atoms with van der Waals surface area (Å²) in [4.78, 5) is 22.2. The molecule has 62 heavy (non-hydrogen) atoms. The topological polar surface area (TPSA) is 97.2 Å². The lowest BCUT2D eigenvalue weighted by molar-refractivity contribution is 0.0957. The minimum Gasteiger partial charge on any atom is -0.494 e. The number of carbonyl (C=O) groups is 1. The van der Waals surface area contributed by atoms with E-state index < -0.39 is 8.32 Å². The van der Waals surface area contributed by atoms with Crippen LogP contribution in [0.15, 0.2) is 55.0 Å². The van der Waals surface area contributed by atoms with Crippen LogP contribution in [-0.4, -0.2) is 67.7 Å². The molecule has 0 saturated carbocycles. The number of carbonyl (C=O) groups excluding carboxylic acids is 1. The number of amides is 1. The Morgan fingerprint density at radius 1 is 0.919 bits per heavy atom. The van der Waals surface area contributed by atoms with E-state index in [4.69, 9.17) is 37.5 Å². The number of nitrogens with zero attached hydrogens (tertiary/aromatic N) is 8. The molecule has 1 atom stereocenters. The van der Waals surface area contributed by atoms with E-state index in [9.17, 15) is 0 Å². The second-order valence-electron chi connectivity index (χ2n) is 18.6. The van der Waals surface area contributed by atoms with E-state index in [1.165, 1.54) is 0 Å². The number of rotatable bonds is 12. The fraction of sp³-hybridized carbons (Fsp3) is 0.417. The third kappa shape index (κ3) is 7.67. The van der Waals surface area contributed by atoms with Crippen molar-refractivity contribution >= 4 is 64.9 Å². The number of aryl methyl sites for hydroxylation is 6. The molecule has 1 amide bonds. The van der Waals surface area contributed by atoms with Crippen LogP contribution >= 0.6 is 23.2 Å². The standard InChI is InChI=1S/C48H58Cl2N8O3Si/c1-28-22-34(23-29(2)43(28)50)60-20-13-14-35-36-16-17-38(49)42(41-31(4)52-55(10)32(41)5)44(36)58-30(3)25-57(47(59)45(35)58)40-26-56(19-21-61-62(11,12)48(6,7)8)39-18-15-33(24-37(39)40)46-51-27-54(9)53-46/h15-18,22-24,26-27,30H,13-14,19-21,25H2,1-12H3/t30-/m1/s1. The van der Waals surface area contributed by atoms with E-state index in [0.29, 0.717) is 55.7 Å². The number of halogens is 2. The van der Waals surface area contributed by atoms with E-state index in [-0.39, 0.29) is 17.0 Å². The zero-order chi connectivity index (χ0) is 44.6. The summed E-state index contributed by atoms with van der Waals surface area (Å²) in [5.41, 5.74) is 11.1. The molecule has 11 nitrogen and oxygen atoms in total. The summed E-state index contributed by atoms with van der Waals surface area (Å²) in [6.45, 7) is 23.8. The van der Waals surface area contributed by atoms with Gasteiger partial charge in [-0.25, -0.2) is 4.98 Å². The van der Waals surface area contributed by atoms with Gasteiger partial charge in [-0.2, -0.15) is 10.2 Å². The predicted molar refractivity (Wildman–Crippen MR) is 255 cm³/mol. The number of hydrogen-bond donors (Lipinski definition) is 0. The zero-order valence-electron chi connectivity index (χ0n) is 38.1. The van der Waals surface area contributed by atoms with Gasteiger partial charge in [0.05, 0.1) is 40.7 Å². The third-order valence-electron chi connectivity index (χ3n) is 13.2. The van der Waals surface area contributed by atoms with Crippen LogP contribution in [0.1, 0.15) is 78.7 Å². The van der Waals surface area contributed by atoms with Crippen molar-refractivity contribution in [2.75, 3.05) is 24.7 Å². The Labute approximate surface area is 375 Å². The van der Waals surface area contributed by atoms with Crippen molar-refractivity contribution < 1.29 is 14.0 Å². The van der Waals surface area contributed by atoms with Crippen LogP contribution in [0.4, 0.5) is 5.69 Å². The Kier molecular flexibility index (Phi) is 11.5. The number of aromatic nitrogens is 7.